The number of nitrogens with one attached hydrogen (secondary N) is 1. The maximum Gasteiger partial charge on any atom is 0.409 e. The lowest BCUT2D eigenvalue weighted by molar-refractivity contribution is -0.126. The highest BCUT2D eigenvalue weighted by atomic mass is 35.5. The maximum atomic E-state index is 12.2. The minimum Gasteiger partial charge on any atom is -0.450 e. The predicted octanol–water partition coefficient (Wildman–Crippen LogP) is 2.82. The highest BCUT2D eigenvalue weighted by Gasteiger charge is 2.28. The van der Waals surface area contributed by atoms with Crippen molar-refractivity contribution in [2.24, 2.45) is 5.92 Å². The molecule has 1 aliphatic heterocycles. The van der Waals surface area contributed by atoms with Crippen LogP contribution in [-0.2, 0) is 16.1 Å². The fourth-order valence-electron chi connectivity index (χ4n) is 2.51. The minimum atomic E-state index is -0.335. The highest BCUT2D eigenvalue weighted by molar-refractivity contribution is 6.30. The highest BCUT2D eigenvalue weighted by Crippen LogP contribution is 2.18. The molecule has 2 amide bonds. The average Bonchev–Trinajstić information content (AvgIpc) is 2.54. The number of benzene rings is 1. The summed E-state index contributed by atoms with van der Waals surface area (Å²) in [7, 11) is 0. The van der Waals surface area contributed by atoms with Gasteiger partial charge >= 0.3 is 6.09 Å². The lowest BCUT2D eigenvalue weighted by Crippen LogP contribution is -2.45. The van der Waals surface area contributed by atoms with Crippen molar-refractivity contribution in [2.75, 3.05) is 19.7 Å². The molecule has 1 N–H and O–H groups in total. The zero-order valence-electron chi connectivity index (χ0n) is 12.7. The van der Waals surface area contributed by atoms with Crippen molar-refractivity contribution in [1.29, 1.82) is 0 Å². The van der Waals surface area contributed by atoms with Crippen LogP contribution in [0.1, 0.15) is 25.3 Å². The molecule has 22 heavy (non-hydrogen) atoms. The number of rotatable bonds is 4. The van der Waals surface area contributed by atoms with Gasteiger partial charge in [0.05, 0.1) is 12.5 Å². The Morgan fingerprint density at radius 3 is 2.77 bits per heavy atom. The standard InChI is InChI=1S/C16H21ClN2O3/c1-2-22-16(21)19-9-3-4-13(11-19)15(20)18-10-12-5-7-14(17)8-6-12/h5-8,13H,2-4,9-11H2,1H3,(H,18,20). The van der Waals surface area contributed by atoms with Crippen LogP contribution in [0.15, 0.2) is 24.3 Å². The fraction of sp³-hybridized carbons (Fsp3) is 0.500. The van der Waals surface area contributed by atoms with Gasteiger partial charge in [0, 0.05) is 24.7 Å². The molecule has 1 unspecified atom stereocenters. The van der Waals surface area contributed by atoms with Crippen molar-refractivity contribution in [3.05, 3.63) is 34.9 Å². The Bertz CT molecular complexity index is 519. The molecule has 5 nitrogen and oxygen atoms in total. The first-order valence-electron chi connectivity index (χ1n) is 7.54. The number of amides is 2. The zero-order chi connectivity index (χ0) is 15.9. The van der Waals surface area contributed by atoms with Crippen LogP contribution in [0.5, 0.6) is 0 Å². The molecule has 6 heteroatoms. The van der Waals surface area contributed by atoms with E-state index < -0.39 is 0 Å². The number of halogens is 1. The molecule has 0 spiro atoms. The Morgan fingerprint density at radius 2 is 2.09 bits per heavy atom. The molecular formula is C16H21ClN2O3. The van der Waals surface area contributed by atoms with E-state index >= 15 is 0 Å². The van der Waals surface area contributed by atoms with Crippen molar-refractivity contribution in [3.63, 3.8) is 0 Å². The molecule has 0 saturated carbocycles. The molecule has 0 bridgehead atoms. The molecule has 0 aliphatic carbocycles. The number of likely N-dealkylation sites (tertiary alicyclic amines) is 1. The molecule has 1 saturated heterocycles. The Morgan fingerprint density at radius 1 is 1.36 bits per heavy atom. The monoisotopic (exact) mass is 324 g/mol. The van der Waals surface area contributed by atoms with Gasteiger partial charge in [-0.2, -0.15) is 0 Å². The maximum absolute atomic E-state index is 12.2. The molecule has 1 atom stereocenters. The second kappa shape index (κ2) is 8.03. The first-order chi connectivity index (χ1) is 10.6. The quantitative estimate of drug-likeness (QED) is 0.926. The topological polar surface area (TPSA) is 58.6 Å². The zero-order valence-corrected chi connectivity index (χ0v) is 13.4. The Kier molecular flexibility index (Phi) is 6.07. The van der Waals surface area contributed by atoms with Crippen LogP contribution in [0.4, 0.5) is 4.79 Å². The van der Waals surface area contributed by atoms with Gasteiger partial charge in [0.25, 0.3) is 0 Å². The van der Waals surface area contributed by atoms with Gasteiger partial charge in [-0.1, -0.05) is 23.7 Å². The average molecular weight is 325 g/mol. The normalized spacial score (nSPS) is 17.9. The molecule has 1 aromatic carbocycles. The van der Waals surface area contributed by atoms with Crippen LogP contribution >= 0.6 is 11.6 Å². The summed E-state index contributed by atoms with van der Waals surface area (Å²) in [4.78, 5) is 25.6. The van der Waals surface area contributed by atoms with Crippen LogP contribution in [0.3, 0.4) is 0 Å². The third kappa shape index (κ3) is 4.63. The van der Waals surface area contributed by atoms with E-state index in [1.54, 1.807) is 24.0 Å². The summed E-state index contributed by atoms with van der Waals surface area (Å²) < 4.78 is 4.99. The van der Waals surface area contributed by atoms with Crippen LogP contribution < -0.4 is 5.32 Å². The number of piperidine rings is 1. The Hall–Kier alpha value is -1.75. The molecule has 1 aliphatic rings. The van der Waals surface area contributed by atoms with E-state index in [1.165, 1.54) is 0 Å². The number of nitrogens with zero attached hydrogens (tertiary/aromatic N) is 1. The third-order valence-electron chi connectivity index (χ3n) is 3.70. The van der Waals surface area contributed by atoms with Crippen LogP contribution in [-0.4, -0.2) is 36.6 Å². The lowest BCUT2D eigenvalue weighted by Gasteiger charge is -2.31. The second-order valence-electron chi connectivity index (χ2n) is 5.33. The molecular weight excluding hydrogens is 304 g/mol. The third-order valence-corrected chi connectivity index (χ3v) is 3.95. The smallest absolute Gasteiger partial charge is 0.409 e. The summed E-state index contributed by atoms with van der Waals surface area (Å²) in [6, 6.07) is 7.36. The summed E-state index contributed by atoms with van der Waals surface area (Å²) in [5.41, 5.74) is 0.996. The van der Waals surface area contributed by atoms with Crippen molar-refractivity contribution >= 4 is 23.6 Å². The largest absolute Gasteiger partial charge is 0.450 e. The SMILES string of the molecule is CCOC(=O)N1CCCC(C(=O)NCc2ccc(Cl)cc2)C1. The second-order valence-corrected chi connectivity index (χ2v) is 5.76. The Balaban J connectivity index is 1.83. The number of carbonyl (C=O) groups excluding carboxylic acids is 2. The molecule has 0 radical (unpaired) electrons. The van der Waals surface area contributed by atoms with Gasteiger partial charge in [-0.3, -0.25) is 4.79 Å². The molecule has 2 rings (SSSR count). The van der Waals surface area contributed by atoms with E-state index in [4.69, 9.17) is 16.3 Å². The van der Waals surface area contributed by atoms with Gasteiger partial charge < -0.3 is 15.0 Å². The summed E-state index contributed by atoms with van der Waals surface area (Å²) in [6.45, 7) is 3.66. The lowest BCUT2D eigenvalue weighted by atomic mass is 9.97. The van der Waals surface area contributed by atoms with Crippen molar-refractivity contribution in [3.8, 4) is 0 Å². The van der Waals surface area contributed by atoms with E-state index in [2.05, 4.69) is 5.32 Å². The van der Waals surface area contributed by atoms with Gasteiger partial charge in [0.1, 0.15) is 0 Å². The fourth-order valence-corrected chi connectivity index (χ4v) is 2.63. The minimum absolute atomic E-state index is 0.0241. The predicted molar refractivity (Wildman–Crippen MR) is 84.6 cm³/mol. The van der Waals surface area contributed by atoms with E-state index in [-0.39, 0.29) is 17.9 Å². The van der Waals surface area contributed by atoms with E-state index in [0.29, 0.717) is 31.3 Å². The van der Waals surface area contributed by atoms with Crippen molar-refractivity contribution in [2.45, 2.75) is 26.3 Å². The van der Waals surface area contributed by atoms with Gasteiger partial charge in [0.15, 0.2) is 0 Å². The van der Waals surface area contributed by atoms with Crippen molar-refractivity contribution < 1.29 is 14.3 Å². The van der Waals surface area contributed by atoms with Gasteiger partial charge in [-0.25, -0.2) is 4.79 Å². The molecule has 1 heterocycles. The number of hydrogen-bond donors (Lipinski definition) is 1. The summed E-state index contributed by atoms with van der Waals surface area (Å²) in [5, 5.41) is 3.59. The van der Waals surface area contributed by atoms with E-state index in [9.17, 15) is 9.59 Å². The van der Waals surface area contributed by atoms with Crippen LogP contribution in [0.2, 0.25) is 5.02 Å². The molecule has 1 aromatic rings. The number of ether oxygens (including phenoxy) is 1. The molecule has 120 valence electrons. The summed E-state index contributed by atoms with van der Waals surface area (Å²) >= 11 is 5.83. The van der Waals surface area contributed by atoms with Gasteiger partial charge in [-0.15, -0.1) is 0 Å². The first-order valence-corrected chi connectivity index (χ1v) is 7.91. The van der Waals surface area contributed by atoms with Crippen molar-refractivity contribution in [1.82, 2.24) is 10.2 Å². The van der Waals surface area contributed by atoms with Gasteiger partial charge in [-0.05, 0) is 37.5 Å². The van der Waals surface area contributed by atoms with Crippen LogP contribution in [0, 0.1) is 5.92 Å². The number of carbonyl (C=O) groups is 2. The number of hydrogen-bond acceptors (Lipinski definition) is 3. The summed E-state index contributed by atoms with van der Waals surface area (Å²) in [5.74, 6) is -0.200. The summed E-state index contributed by atoms with van der Waals surface area (Å²) in [6.07, 6.45) is 1.28. The first kappa shape index (κ1) is 16.6. The van der Waals surface area contributed by atoms with Crippen LogP contribution in [0.25, 0.3) is 0 Å². The molecule has 1 fully saturated rings. The van der Waals surface area contributed by atoms with E-state index in [1.807, 2.05) is 12.1 Å². The Labute approximate surface area is 135 Å². The molecule has 0 aromatic heterocycles. The van der Waals surface area contributed by atoms with Gasteiger partial charge in [0.2, 0.25) is 5.91 Å². The van der Waals surface area contributed by atoms with E-state index in [0.717, 1.165) is 18.4 Å².